The average molecular weight is 394 g/mol. The number of benzene rings is 2. The molecule has 0 fully saturated rings. The van der Waals surface area contributed by atoms with Crippen LogP contribution < -0.4 is 5.19 Å². The van der Waals surface area contributed by atoms with Crippen LogP contribution in [0.15, 0.2) is 65.7 Å². The minimum Gasteiger partial charge on any atom is -0.121 e. The van der Waals surface area contributed by atoms with Crippen molar-refractivity contribution in [3.05, 3.63) is 76.9 Å². The molecule has 3 rings (SSSR count). The van der Waals surface area contributed by atoms with Gasteiger partial charge >= 0.3 is 6.00 Å². The van der Waals surface area contributed by atoms with Crippen molar-refractivity contribution >= 4 is 64.3 Å². The van der Waals surface area contributed by atoms with Gasteiger partial charge < -0.3 is 0 Å². The Morgan fingerprint density at radius 1 is 0.696 bits per heavy atom. The van der Waals surface area contributed by atoms with E-state index in [2.05, 4.69) is 56.3 Å². The summed E-state index contributed by atoms with van der Waals surface area (Å²) in [6, 6.07) is 15.9. The lowest BCUT2D eigenvalue weighted by Crippen LogP contribution is -2.29. The van der Waals surface area contributed by atoms with Crippen LogP contribution in [-0.2, 0) is 0 Å². The molecule has 0 saturated carbocycles. The van der Waals surface area contributed by atoms with Crippen molar-refractivity contribution in [1.82, 2.24) is 0 Å². The van der Waals surface area contributed by atoms with E-state index in [4.69, 9.17) is 33.2 Å². The van der Waals surface area contributed by atoms with Gasteiger partial charge in [0, 0.05) is 0 Å². The molecule has 0 amide bonds. The van der Waals surface area contributed by atoms with Crippen LogP contribution in [0.25, 0.3) is 10.4 Å². The van der Waals surface area contributed by atoms with E-state index >= 15 is 0 Å². The monoisotopic (exact) mass is 392 g/mol. The van der Waals surface area contributed by atoms with Crippen LogP contribution in [0.2, 0.25) is 0 Å². The fraction of sp³-hybridized carbons (Fsp3) is 0.111. The third-order valence-electron chi connectivity index (χ3n) is 4.13. The fourth-order valence-corrected chi connectivity index (χ4v) is 6.00. The first kappa shape index (κ1) is 17.1. The summed E-state index contributed by atoms with van der Waals surface area (Å²) in [6.45, 7) is 4.41. The molecule has 0 N–H and O–H groups in total. The van der Waals surface area contributed by atoms with Gasteiger partial charge in [-0.05, 0) is 51.7 Å². The van der Waals surface area contributed by atoms with Crippen molar-refractivity contribution in [2.75, 3.05) is 0 Å². The third-order valence-corrected chi connectivity index (χ3v) is 8.91. The Morgan fingerprint density at radius 3 is 1.65 bits per heavy atom. The molecular weight excluding hydrogens is 379 g/mol. The van der Waals surface area contributed by atoms with Gasteiger partial charge in [-0.3, -0.25) is 0 Å². The van der Waals surface area contributed by atoms with E-state index in [1.165, 1.54) is 32.7 Å². The molecule has 0 aliphatic carbocycles. The first-order valence-corrected chi connectivity index (χ1v) is 13.3. The van der Waals surface area contributed by atoms with E-state index in [1.54, 1.807) is 0 Å². The average Bonchev–Trinajstić information content (AvgIpc) is 2.84. The first-order valence-electron chi connectivity index (χ1n) is 7.30. The smallest absolute Gasteiger partial charge is 0.121 e. The second kappa shape index (κ2) is 6.62. The highest BCUT2D eigenvalue weighted by Crippen LogP contribution is 2.36. The molecule has 0 bridgehead atoms. The van der Waals surface area contributed by atoms with Crippen molar-refractivity contribution in [2.45, 2.75) is 13.8 Å². The Bertz CT molecular complexity index is 785. The van der Waals surface area contributed by atoms with Crippen LogP contribution >= 0.6 is 33.2 Å². The zero-order chi connectivity index (χ0) is 16.6. The maximum Gasteiger partial charge on any atom is 0.372 e. The summed E-state index contributed by atoms with van der Waals surface area (Å²) in [7, 11) is 0.661. The predicted molar refractivity (Wildman–Crippen MR) is 107 cm³/mol. The van der Waals surface area contributed by atoms with Crippen LogP contribution in [-0.4, -0.2) is 15.5 Å². The van der Waals surface area contributed by atoms with E-state index in [0.717, 1.165) is 5.19 Å². The van der Waals surface area contributed by atoms with Gasteiger partial charge in [-0.25, -0.2) is 0 Å². The Labute approximate surface area is 154 Å². The summed E-state index contributed by atoms with van der Waals surface area (Å²) in [5.74, 6) is 0. The summed E-state index contributed by atoms with van der Waals surface area (Å²) in [4.78, 5) is 0. The van der Waals surface area contributed by atoms with Gasteiger partial charge in [0.05, 0.1) is 0 Å². The lowest BCUT2D eigenvalue weighted by molar-refractivity contribution is 1.38. The molecule has 0 spiro atoms. The highest BCUT2D eigenvalue weighted by molar-refractivity contribution is 7.69. The minimum atomic E-state index is -2.80. The third kappa shape index (κ3) is 3.52. The lowest BCUT2D eigenvalue weighted by Gasteiger charge is -2.10. The summed E-state index contributed by atoms with van der Waals surface area (Å²) in [5, 5.41) is 3.65. The molecule has 23 heavy (non-hydrogen) atoms. The van der Waals surface area contributed by atoms with Gasteiger partial charge in [-0.15, -0.1) is 33.2 Å². The topological polar surface area (TPSA) is 0 Å². The number of hydrogen-bond donors (Lipinski definition) is 0. The number of rotatable bonds is 3. The normalized spacial score (nSPS) is 15.5. The highest BCUT2D eigenvalue weighted by Gasteiger charge is 2.28. The minimum absolute atomic E-state index is 0.661. The van der Waals surface area contributed by atoms with E-state index in [-0.39, 0.29) is 0 Å². The standard InChI is InChI=1S/C18H15Cl3Si2/c1-12-13(2)18(22-17(12)14-6-4-3-5-7-14)15-8-10-16(11-9-15)23(19,20)21/h3-11H,1-2H3. The zero-order valence-electron chi connectivity index (χ0n) is 12.8. The van der Waals surface area contributed by atoms with E-state index in [1.807, 2.05) is 12.1 Å². The molecule has 116 valence electrons. The summed E-state index contributed by atoms with van der Waals surface area (Å²) in [5.41, 5.74) is 5.27. The molecule has 1 aliphatic rings. The van der Waals surface area contributed by atoms with Crippen LogP contribution in [0.3, 0.4) is 0 Å². The van der Waals surface area contributed by atoms with Crippen molar-refractivity contribution in [3.8, 4) is 0 Å². The second-order valence-corrected chi connectivity index (χ2v) is 15.2. The van der Waals surface area contributed by atoms with Gasteiger partial charge in [-0.1, -0.05) is 54.6 Å². The Balaban J connectivity index is 1.92. The Hall–Kier alpha value is -0.776. The molecular formula is C18H15Cl3Si2. The summed E-state index contributed by atoms with van der Waals surface area (Å²) < 4.78 is 0. The van der Waals surface area contributed by atoms with Crippen molar-refractivity contribution in [2.24, 2.45) is 0 Å². The maximum atomic E-state index is 6.08. The second-order valence-electron chi connectivity index (χ2n) is 5.57. The molecule has 0 atom stereocenters. The van der Waals surface area contributed by atoms with Crippen LogP contribution in [0.5, 0.6) is 0 Å². The lowest BCUT2D eigenvalue weighted by atomic mass is 10.0. The molecule has 1 aliphatic heterocycles. The first-order chi connectivity index (χ1) is 10.9. The van der Waals surface area contributed by atoms with E-state index in [0.29, 0.717) is 9.52 Å². The molecule has 1 heterocycles. The molecule has 0 unspecified atom stereocenters. The van der Waals surface area contributed by atoms with Gasteiger partial charge in [-0.2, -0.15) is 0 Å². The van der Waals surface area contributed by atoms with E-state index in [9.17, 15) is 0 Å². The van der Waals surface area contributed by atoms with Crippen LogP contribution in [0.1, 0.15) is 25.0 Å². The fourth-order valence-electron chi connectivity index (χ4n) is 2.70. The van der Waals surface area contributed by atoms with Gasteiger partial charge in [0.1, 0.15) is 9.52 Å². The molecule has 5 heteroatoms. The zero-order valence-corrected chi connectivity index (χ0v) is 17.1. The number of halogens is 3. The largest absolute Gasteiger partial charge is 0.372 e. The number of hydrogen-bond acceptors (Lipinski definition) is 0. The van der Waals surface area contributed by atoms with Gasteiger partial charge in [0.2, 0.25) is 0 Å². The molecule has 0 aromatic heterocycles. The summed E-state index contributed by atoms with van der Waals surface area (Å²) in [6.07, 6.45) is 0. The Morgan fingerprint density at radius 2 is 1.17 bits per heavy atom. The summed E-state index contributed by atoms with van der Waals surface area (Å²) >= 11 is 18.2. The van der Waals surface area contributed by atoms with Gasteiger partial charge in [0.25, 0.3) is 0 Å². The van der Waals surface area contributed by atoms with Crippen LogP contribution in [0, 0.1) is 0 Å². The maximum absolute atomic E-state index is 6.08. The highest BCUT2D eigenvalue weighted by atomic mass is 35.8. The van der Waals surface area contributed by atoms with Gasteiger partial charge in [0.15, 0.2) is 0 Å². The predicted octanol–water partition coefficient (Wildman–Crippen LogP) is 5.43. The van der Waals surface area contributed by atoms with Crippen LogP contribution in [0.4, 0.5) is 0 Å². The molecule has 0 nitrogen and oxygen atoms in total. The van der Waals surface area contributed by atoms with E-state index < -0.39 is 6.00 Å². The quantitative estimate of drug-likeness (QED) is 0.482. The molecule has 2 aromatic rings. The van der Waals surface area contributed by atoms with Crippen molar-refractivity contribution in [1.29, 1.82) is 0 Å². The molecule has 2 aromatic carbocycles. The van der Waals surface area contributed by atoms with Crippen molar-refractivity contribution in [3.63, 3.8) is 0 Å². The Kier molecular flexibility index (Phi) is 4.91. The molecule has 2 radical (unpaired) electrons. The van der Waals surface area contributed by atoms with Crippen molar-refractivity contribution < 1.29 is 0 Å². The number of allylic oxidation sites excluding steroid dienone is 2. The SMILES string of the molecule is CC1=C(c2ccccc2)[Si]C(c2ccc([Si](Cl)(Cl)Cl)cc2)=C1C. The molecule has 0 saturated heterocycles.